The van der Waals surface area contributed by atoms with Gasteiger partial charge in [-0.05, 0) is 30.3 Å². The fourth-order valence-corrected chi connectivity index (χ4v) is 2.66. The quantitative estimate of drug-likeness (QED) is 0.371. The summed E-state index contributed by atoms with van der Waals surface area (Å²) in [4.78, 5) is 39.7. The van der Waals surface area contributed by atoms with Gasteiger partial charge >= 0.3 is 5.97 Å². The number of nitrogens with zero attached hydrogens (tertiary/aromatic N) is 1. The maximum absolute atomic E-state index is 12.3. The summed E-state index contributed by atoms with van der Waals surface area (Å²) in [6.45, 7) is -0.488. The molecule has 1 aromatic heterocycles. The molecule has 0 saturated heterocycles. The Balaban J connectivity index is 1.81. The molecule has 1 amide bonds. The van der Waals surface area contributed by atoms with Gasteiger partial charge in [0.1, 0.15) is 5.75 Å². The molecule has 0 spiro atoms. The molecule has 0 bridgehead atoms. The van der Waals surface area contributed by atoms with E-state index in [1.165, 1.54) is 13.3 Å². The van der Waals surface area contributed by atoms with E-state index in [0.29, 0.717) is 17.0 Å². The Hall–Kier alpha value is -2.45. The van der Waals surface area contributed by atoms with E-state index >= 15 is 0 Å². The van der Waals surface area contributed by atoms with Crippen LogP contribution in [-0.2, 0) is 14.3 Å². The lowest BCUT2D eigenvalue weighted by molar-refractivity contribution is -0.147. The van der Waals surface area contributed by atoms with Crippen LogP contribution in [-0.4, -0.2) is 36.4 Å². The summed E-state index contributed by atoms with van der Waals surface area (Å²) >= 11 is 9.11. The Morgan fingerprint density at radius 3 is 2.70 bits per heavy atom. The number of ether oxygens (including phenoxy) is 2. The van der Waals surface area contributed by atoms with Gasteiger partial charge in [-0.15, -0.1) is 0 Å². The number of hydrogen-bond acceptors (Lipinski definition) is 6. The highest BCUT2D eigenvalue weighted by Gasteiger charge is 2.16. The molecule has 142 valence electrons. The van der Waals surface area contributed by atoms with Crippen LogP contribution in [0.3, 0.4) is 0 Å². The minimum absolute atomic E-state index is 0.0678. The summed E-state index contributed by atoms with van der Waals surface area (Å²) < 4.78 is 10.7. The van der Waals surface area contributed by atoms with E-state index in [-0.39, 0.29) is 23.8 Å². The van der Waals surface area contributed by atoms with Gasteiger partial charge in [0.15, 0.2) is 17.5 Å². The molecule has 2 rings (SSSR count). The first-order chi connectivity index (χ1) is 12.9. The zero-order valence-electron chi connectivity index (χ0n) is 14.3. The number of hydrogen-bond donors (Lipinski definition) is 1. The van der Waals surface area contributed by atoms with Crippen LogP contribution in [0.5, 0.6) is 5.75 Å². The van der Waals surface area contributed by atoms with Crippen LogP contribution in [0.4, 0.5) is 5.69 Å². The van der Waals surface area contributed by atoms with Gasteiger partial charge in [-0.3, -0.25) is 14.4 Å². The highest BCUT2D eigenvalue weighted by atomic mass is 79.9. The minimum Gasteiger partial charge on any atom is -0.496 e. The van der Waals surface area contributed by atoms with Crippen molar-refractivity contribution in [1.29, 1.82) is 0 Å². The Morgan fingerprint density at radius 1 is 1.22 bits per heavy atom. The summed E-state index contributed by atoms with van der Waals surface area (Å²) in [7, 11) is 1.46. The molecule has 2 aromatic rings. The number of nitrogens with one attached hydrogen (secondary N) is 1. The average molecular weight is 456 g/mol. The molecule has 0 aliphatic rings. The SMILES string of the molecule is COc1ccc(Br)cc1C(=O)CCC(=O)OCC(=O)Nc1cccnc1Cl. The maximum atomic E-state index is 12.3. The Morgan fingerprint density at radius 2 is 2.00 bits per heavy atom. The second-order valence-electron chi connectivity index (χ2n) is 5.32. The number of anilines is 1. The summed E-state index contributed by atoms with van der Waals surface area (Å²) in [5.41, 5.74) is 0.681. The molecule has 0 fully saturated rings. The first kappa shape index (κ1) is 20.9. The second kappa shape index (κ2) is 10.0. The number of carbonyl (C=O) groups is 3. The van der Waals surface area contributed by atoms with Crippen LogP contribution in [0.25, 0.3) is 0 Å². The normalized spacial score (nSPS) is 10.2. The van der Waals surface area contributed by atoms with Crippen molar-refractivity contribution in [3.63, 3.8) is 0 Å². The van der Waals surface area contributed by atoms with Gasteiger partial charge in [-0.25, -0.2) is 4.98 Å². The van der Waals surface area contributed by atoms with E-state index < -0.39 is 18.5 Å². The molecule has 0 aliphatic heterocycles. The third kappa shape index (κ3) is 6.33. The van der Waals surface area contributed by atoms with E-state index in [1.54, 1.807) is 30.3 Å². The Bertz CT molecular complexity index is 859. The Labute approximate surface area is 169 Å². The molecular weight excluding hydrogens is 440 g/mol. The molecule has 0 saturated carbocycles. The van der Waals surface area contributed by atoms with Gasteiger partial charge in [0.2, 0.25) is 0 Å². The molecule has 7 nitrogen and oxygen atoms in total. The number of esters is 1. The molecule has 1 heterocycles. The van der Waals surface area contributed by atoms with E-state index in [1.807, 2.05) is 0 Å². The molecular formula is C18H16BrClN2O5. The number of methoxy groups -OCH3 is 1. The van der Waals surface area contributed by atoms with Crippen molar-refractivity contribution in [2.24, 2.45) is 0 Å². The van der Waals surface area contributed by atoms with Crippen LogP contribution in [0.2, 0.25) is 5.15 Å². The summed E-state index contributed by atoms with van der Waals surface area (Å²) in [6, 6.07) is 8.20. The predicted molar refractivity (Wildman–Crippen MR) is 103 cm³/mol. The van der Waals surface area contributed by atoms with Crippen molar-refractivity contribution >= 4 is 50.9 Å². The van der Waals surface area contributed by atoms with Gasteiger partial charge in [0.05, 0.1) is 24.8 Å². The number of pyridine rings is 1. The number of Topliss-reactive ketones (excluding diaryl/α,β-unsaturated/α-hetero) is 1. The summed E-state index contributed by atoms with van der Waals surface area (Å²) in [6.07, 6.45) is 1.26. The minimum atomic E-state index is -0.662. The third-order valence-electron chi connectivity index (χ3n) is 3.42. The molecule has 0 unspecified atom stereocenters. The van der Waals surface area contributed by atoms with Gasteiger partial charge in [-0.1, -0.05) is 27.5 Å². The molecule has 0 radical (unpaired) electrons. The lowest BCUT2D eigenvalue weighted by Gasteiger charge is -2.09. The first-order valence-corrected chi connectivity index (χ1v) is 9.00. The van der Waals surface area contributed by atoms with Gasteiger partial charge in [0.25, 0.3) is 5.91 Å². The topological polar surface area (TPSA) is 94.6 Å². The largest absolute Gasteiger partial charge is 0.496 e. The standard InChI is InChI=1S/C18H16BrClN2O5/c1-26-15-6-4-11(19)9-12(15)14(23)5-7-17(25)27-10-16(24)22-13-3-2-8-21-18(13)20/h2-4,6,8-9H,5,7,10H2,1H3,(H,22,24). The summed E-state index contributed by atoms with van der Waals surface area (Å²) in [5.74, 6) is -1.07. The van der Waals surface area contributed by atoms with Gasteiger partial charge in [-0.2, -0.15) is 0 Å². The highest BCUT2D eigenvalue weighted by molar-refractivity contribution is 9.10. The van der Waals surface area contributed by atoms with Gasteiger partial charge in [0, 0.05) is 17.1 Å². The highest BCUT2D eigenvalue weighted by Crippen LogP contribution is 2.24. The van der Waals surface area contributed by atoms with Crippen molar-refractivity contribution < 1.29 is 23.9 Å². The van der Waals surface area contributed by atoms with Crippen LogP contribution in [0.15, 0.2) is 41.0 Å². The second-order valence-corrected chi connectivity index (χ2v) is 6.59. The number of amides is 1. The number of benzene rings is 1. The van der Waals surface area contributed by atoms with Crippen LogP contribution in [0, 0.1) is 0 Å². The molecule has 1 N–H and O–H groups in total. The lowest BCUT2D eigenvalue weighted by Crippen LogP contribution is -2.21. The zero-order valence-corrected chi connectivity index (χ0v) is 16.7. The predicted octanol–water partition coefficient (Wildman–Crippen LogP) is 3.65. The van der Waals surface area contributed by atoms with Gasteiger partial charge < -0.3 is 14.8 Å². The first-order valence-electron chi connectivity index (χ1n) is 7.83. The number of carbonyl (C=O) groups excluding carboxylic acids is 3. The fraction of sp³-hybridized carbons (Fsp3) is 0.222. The van der Waals surface area contributed by atoms with E-state index in [2.05, 4.69) is 26.2 Å². The maximum Gasteiger partial charge on any atom is 0.306 e. The number of ketones is 1. The molecule has 1 aromatic carbocycles. The zero-order chi connectivity index (χ0) is 19.8. The van der Waals surface area contributed by atoms with E-state index in [9.17, 15) is 14.4 Å². The fourth-order valence-electron chi connectivity index (χ4n) is 2.13. The third-order valence-corrected chi connectivity index (χ3v) is 4.21. The van der Waals surface area contributed by atoms with Crippen LogP contribution < -0.4 is 10.1 Å². The Kier molecular flexibility index (Phi) is 7.75. The van der Waals surface area contributed by atoms with Crippen LogP contribution >= 0.6 is 27.5 Å². The molecule has 9 heteroatoms. The lowest BCUT2D eigenvalue weighted by atomic mass is 10.1. The monoisotopic (exact) mass is 454 g/mol. The number of halogens is 2. The molecule has 0 atom stereocenters. The summed E-state index contributed by atoms with van der Waals surface area (Å²) in [5, 5.41) is 2.61. The van der Waals surface area contributed by atoms with Crippen LogP contribution in [0.1, 0.15) is 23.2 Å². The van der Waals surface area contributed by atoms with Crippen molar-refractivity contribution in [2.75, 3.05) is 19.0 Å². The van der Waals surface area contributed by atoms with Crippen molar-refractivity contribution in [2.45, 2.75) is 12.8 Å². The van der Waals surface area contributed by atoms with E-state index in [4.69, 9.17) is 21.1 Å². The van der Waals surface area contributed by atoms with Crippen molar-refractivity contribution in [3.05, 3.63) is 51.7 Å². The number of aromatic nitrogens is 1. The smallest absolute Gasteiger partial charge is 0.306 e. The van der Waals surface area contributed by atoms with Crippen molar-refractivity contribution in [1.82, 2.24) is 4.98 Å². The number of rotatable bonds is 8. The average Bonchev–Trinajstić information content (AvgIpc) is 2.66. The van der Waals surface area contributed by atoms with E-state index in [0.717, 1.165) is 4.47 Å². The molecule has 27 heavy (non-hydrogen) atoms. The molecule has 0 aliphatic carbocycles. The van der Waals surface area contributed by atoms with Crippen molar-refractivity contribution in [3.8, 4) is 5.75 Å².